The molecule has 2 rings (SSSR count). The maximum Gasteiger partial charge on any atom is 0.0388 e. The van der Waals surface area contributed by atoms with E-state index < -0.39 is 0 Å². The molecule has 2 heteroatoms. The second kappa shape index (κ2) is 4.46. The van der Waals surface area contributed by atoms with Crippen LogP contribution in [0, 0.1) is 0 Å². The van der Waals surface area contributed by atoms with Crippen LogP contribution in [-0.2, 0) is 0 Å². The summed E-state index contributed by atoms with van der Waals surface area (Å²) in [5, 5.41) is 7.22. The topological polar surface area (TPSA) is 24.1 Å². The third-order valence-electron chi connectivity index (χ3n) is 2.93. The van der Waals surface area contributed by atoms with Crippen molar-refractivity contribution in [2.75, 3.05) is 11.9 Å². The highest BCUT2D eigenvalue weighted by molar-refractivity contribution is 5.53. The van der Waals surface area contributed by atoms with Gasteiger partial charge in [0.1, 0.15) is 0 Å². The Labute approximate surface area is 98.4 Å². The summed E-state index contributed by atoms with van der Waals surface area (Å²) < 4.78 is 0. The first-order chi connectivity index (χ1) is 7.56. The molecular weight excluding hydrogens is 196 g/mol. The summed E-state index contributed by atoms with van der Waals surface area (Å²) in [6.07, 6.45) is 2.43. The third kappa shape index (κ3) is 2.76. The summed E-state index contributed by atoms with van der Waals surface area (Å²) in [6, 6.07) is 9.12. The predicted octanol–water partition coefficient (Wildman–Crippen LogP) is 3.32. The van der Waals surface area contributed by atoms with Crippen molar-refractivity contribution < 1.29 is 0 Å². The van der Waals surface area contributed by atoms with Crippen LogP contribution in [0.5, 0.6) is 0 Å². The highest BCUT2D eigenvalue weighted by Crippen LogP contribution is 2.30. The SMILES string of the molecule is CC(C)(C)NC1CCCNc2ccccc21. The van der Waals surface area contributed by atoms with Crippen molar-refractivity contribution >= 4 is 5.69 Å². The van der Waals surface area contributed by atoms with Gasteiger partial charge in [-0.3, -0.25) is 0 Å². The van der Waals surface area contributed by atoms with Gasteiger partial charge in [0.05, 0.1) is 0 Å². The molecule has 2 nitrogen and oxygen atoms in total. The maximum absolute atomic E-state index is 3.71. The first-order valence-electron chi connectivity index (χ1n) is 6.17. The van der Waals surface area contributed by atoms with Gasteiger partial charge in [-0.2, -0.15) is 0 Å². The standard InChI is InChI=1S/C14H22N2/c1-14(2,3)16-13-9-6-10-15-12-8-5-4-7-11(12)13/h4-5,7-8,13,15-16H,6,9-10H2,1-3H3. The van der Waals surface area contributed by atoms with E-state index >= 15 is 0 Å². The fourth-order valence-electron chi connectivity index (χ4n) is 2.32. The molecule has 88 valence electrons. The van der Waals surface area contributed by atoms with Crippen LogP contribution < -0.4 is 10.6 Å². The van der Waals surface area contributed by atoms with Crippen LogP contribution >= 0.6 is 0 Å². The lowest BCUT2D eigenvalue weighted by Gasteiger charge is -2.28. The molecule has 0 aromatic heterocycles. The second-order valence-electron chi connectivity index (χ2n) is 5.60. The molecule has 0 fully saturated rings. The number of fused-ring (bicyclic) bond motifs is 1. The fraction of sp³-hybridized carbons (Fsp3) is 0.571. The van der Waals surface area contributed by atoms with Gasteiger partial charge in [0.25, 0.3) is 0 Å². The molecule has 0 aliphatic carbocycles. The second-order valence-corrected chi connectivity index (χ2v) is 5.60. The fourth-order valence-corrected chi connectivity index (χ4v) is 2.32. The monoisotopic (exact) mass is 218 g/mol. The number of nitrogens with one attached hydrogen (secondary N) is 2. The smallest absolute Gasteiger partial charge is 0.0388 e. The number of rotatable bonds is 1. The molecule has 0 bridgehead atoms. The lowest BCUT2D eigenvalue weighted by molar-refractivity contribution is 0.351. The minimum atomic E-state index is 0.169. The van der Waals surface area contributed by atoms with E-state index in [-0.39, 0.29) is 5.54 Å². The van der Waals surface area contributed by atoms with E-state index in [1.165, 1.54) is 24.1 Å². The molecule has 2 N–H and O–H groups in total. The van der Waals surface area contributed by atoms with E-state index in [9.17, 15) is 0 Å². The van der Waals surface area contributed by atoms with Crippen molar-refractivity contribution in [3.63, 3.8) is 0 Å². The number of hydrogen-bond donors (Lipinski definition) is 2. The van der Waals surface area contributed by atoms with Crippen LogP contribution in [-0.4, -0.2) is 12.1 Å². The molecule has 0 radical (unpaired) electrons. The van der Waals surface area contributed by atoms with Gasteiger partial charge in [0.15, 0.2) is 0 Å². The molecule has 1 heterocycles. The molecule has 1 unspecified atom stereocenters. The largest absolute Gasteiger partial charge is 0.385 e. The van der Waals surface area contributed by atoms with Crippen LogP contribution in [0.25, 0.3) is 0 Å². The van der Waals surface area contributed by atoms with Crippen molar-refractivity contribution in [1.82, 2.24) is 5.32 Å². The van der Waals surface area contributed by atoms with E-state index in [4.69, 9.17) is 0 Å². The summed E-state index contributed by atoms with van der Waals surface area (Å²) in [5.74, 6) is 0. The van der Waals surface area contributed by atoms with Gasteiger partial charge in [-0.25, -0.2) is 0 Å². The zero-order valence-corrected chi connectivity index (χ0v) is 10.5. The summed E-state index contributed by atoms with van der Waals surface area (Å²) in [7, 11) is 0. The Morgan fingerprint density at radius 1 is 1.25 bits per heavy atom. The highest BCUT2D eigenvalue weighted by atomic mass is 15.0. The average molecular weight is 218 g/mol. The molecule has 1 aromatic rings. The molecule has 1 atom stereocenters. The molecule has 1 aliphatic heterocycles. The summed E-state index contributed by atoms with van der Waals surface area (Å²) in [4.78, 5) is 0. The van der Waals surface area contributed by atoms with Crippen LogP contribution in [0.1, 0.15) is 45.2 Å². The van der Waals surface area contributed by atoms with E-state index in [1.54, 1.807) is 0 Å². The Morgan fingerprint density at radius 3 is 2.75 bits per heavy atom. The number of benzene rings is 1. The number of anilines is 1. The van der Waals surface area contributed by atoms with Gasteiger partial charge in [-0.1, -0.05) is 18.2 Å². The molecular formula is C14H22N2. The Balaban J connectivity index is 2.26. The van der Waals surface area contributed by atoms with Gasteiger partial charge >= 0.3 is 0 Å². The Bertz CT molecular complexity index is 352. The van der Waals surface area contributed by atoms with Crippen molar-refractivity contribution in [2.24, 2.45) is 0 Å². The highest BCUT2D eigenvalue weighted by Gasteiger charge is 2.22. The molecule has 16 heavy (non-hydrogen) atoms. The van der Waals surface area contributed by atoms with Crippen molar-refractivity contribution in [1.29, 1.82) is 0 Å². The van der Waals surface area contributed by atoms with Gasteiger partial charge in [-0.15, -0.1) is 0 Å². The minimum absolute atomic E-state index is 0.169. The van der Waals surface area contributed by atoms with Crippen LogP contribution in [0.2, 0.25) is 0 Å². The first kappa shape index (κ1) is 11.5. The van der Waals surface area contributed by atoms with Gasteiger partial charge in [0.2, 0.25) is 0 Å². The zero-order chi connectivity index (χ0) is 11.6. The zero-order valence-electron chi connectivity index (χ0n) is 10.5. The van der Waals surface area contributed by atoms with E-state index in [2.05, 4.69) is 55.7 Å². The van der Waals surface area contributed by atoms with Crippen molar-refractivity contribution in [3.05, 3.63) is 29.8 Å². The van der Waals surface area contributed by atoms with Crippen molar-refractivity contribution in [3.8, 4) is 0 Å². The molecule has 0 amide bonds. The summed E-state index contributed by atoms with van der Waals surface area (Å²) in [6.45, 7) is 7.77. The third-order valence-corrected chi connectivity index (χ3v) is 2.93. The normalized spacial score (nSPS) is 20.8. The molecule has 1 aliphatic rings. The van der Waals surface area contributed by atoms with Gasteiger partial charge in [0, 0.05) is 23.8 Å². The van der Waals surface area contributed by atoms with E-state index in [0.29, 0.717) is 6.04 Å². The van der Waals surface area contributed by atoms with E-state index in [0.717, 1.165) is 6.54 Å². The average Bonchev–Trinajstić information content (AvgIpc) is 2.39. The molecule has 0 saturated heterocycles. The van der Waals surface area contributed by atoms with Crippen LogP contribution in [0.3, 0.4) is 0 Å². The minimum Gasteiger partial charge on any atom is -0.385 e. The lowest BCUT2D eigenvalue weighted by atomic mass is 9.98. The van der Waals surface area contributed by atoms with Crippen LogP contribution in [0.15, 0.2) is 24.3 Å². The first-order valence-corrected chi connectivity index (χ1v) is 6.17. The van der Waals surface area contributed by atoms with Crippen LogP contribution in [0.4, 0.5) is 5.69 Å². The predicted molar refractivity (Wildman–Crippen MR) is 69.8 cm³/mol. The summed E-state index contributed by atoms with van der Waals surface area (Å²) in [5.41, 5.74) is 2.87. The number of hydrogen-bond acceptors (Lipinski definition) is 2. The maximum atomic E-state index is 3.71. The summed E-state index contributed by atoms with van der Waals surface area (Å²) >= 11 is 0. The molecule has 1 aromatic carbocycles. The Morgan fingerprint density at radius 2 is 2.00 bits per heavy atom. The Hall–Kier alpha value is -1.02. The Kier molecular flexibility index (Phi) is 3.20. The quantitative estimate of drug-likeness (QED) is 0.755. The van der Waals surface area contributed by atoms with Gasteiger partial charge in [-0.05, 0) is 45.2 Å². The number of para-hydroxylation sites is 1. The molecule has 0 saturated carbocycles. The van der Waals surface area contributed by atoms with E-state index in [1.807, 2.05) is 0 Å². The molecule has 0 spiro atoms. The van der Waals surface area contributed by atoms with Crippen molar-refractivity contribution in [2.45, 2.75) is 45.2 Å². The van der Waals surface area contributed by atoms with Gasteiger partial charge < -0.3 is 10.6 Å². The lowest BCUT2D eigenvalue weighted by Crippen LogP contribution is -2.38.